The van der Waals surface area contributed by atoms with Gasteiger partial charge in [-0.05, 0) is 59.4 Å². The fraction of sp³-hybridized carbons (Fsp3) is 0.278. The second kappa shape index (κ2) is 12.8. The van der Waals surface area contributed by atoms with Crippen molar-refractivity contribution in [3.8, 4) is 11.5 Å². The number of nitrogens with zero attached hydrogens (tertiary/aromatic N) is 1. The molecule has 0 spiro atoms. The first-order chi connectivity index (χ1) is 20.6. The van der Waals surface area contributed by atoms with Crippen LogP contribution in [0, 0.1) is 11.7 Å². The Morgan fingerprint density at radius 2 is 1.55 bits per heavy atom. The number of anilines is 1. The lowest BCUT2D eigenvalue weighted by Gasteiger charge is -2.36. The van der Waals surface area contributed by atoms with Crippen molar-refractivity contribution in [2.75, 3.05) is 38.8 Å². The van der Waals surface area contributed by atoms with E-state index in [9.17, 15) is 0 Å². The Morgan fingerprint density at radius 3 is 2.24 bits per heavy atom. The first-order valence-electron chi connectivity index (χ1n) is 14.5. The standard InChI is InChI=1S/C36H36FNO4/c1-39-36(40-2)27-17-19-38(20-18-27)33-16-13-28(21-32(33)37)35-30-15-14-29(41-23-25-9-5-3-6-10-25)22-34(30)42-24-31(35)26-11-7-4-8-12-26/h3-16,21-22,27,36H,17-20,23-24H2,1-2H3. The van der Waals surface area contributed by atoms with E-state index in [-0.39, 0.29) is 12.1 Å². The van der Waals surface area contributed by atoms with Crippen molar-refractivity contribution < 1.29 is 23.3 Å². The Labute approximate surface area is 247 Å². The summed E-state index contributed by atoms with van der Waals surface area (Å²) in [4.78, 5) is 2.12. The zero-order chi connectivity index (χ0) is 28.9. The molecule has 0 unspecified atom stereocenters. The molecule has 5 nitrogen and oxygen atoms in total. The molecule has 0 N–H and O–H groups in total. The zero-order valence-corrected chi connectivity index (χ0v) is 24.1. The monoisotopic (exact) mass is 565 g/mol. The maximum atomic E-state index is 15.8. The van der Waals surface area contributed by atoms with Gasteiger partial charge in [0.15, 0.2) is 6.29 Å². The predicted octanol–water partition coefficient (Wildman–Crippen LogP) is 7.59. The summed E-state index contributed by atoms with van der Waals surface area (Å²) in [5, 5.41) is 0. The van der Waals surface area contributed by atoms with Gasteiger partial charge in [0, 0.05) is 50.4 Å². The van der Waals surface area contributed by atoms with E-state index in [0.29, 0.717) is 24.8 Å². The highest BCUT2D eigenvalue weighted by molar-refractivity contribution is 6.02. The van der Waals surface area contributed by atoms with E-state index in [1.807, 2.05) is 78.9 Å². The minimum Gasteiger partial charge on any atom is -0.489 e. The largest absolute Gasteiger partial charge is 0.489 e. The summed E-state index contributed by atoms with van der Waals surface area (Å²) in [6, 6.07) is 31.8. The third-order valence-corrected chi connectivity index (χ3v) is 8.23. The Morgan fingerprint density at radius 1 is 0.833 bits per heavy atom. The Hall–Kier alpha value is -4.13. The predicted molar refractivity (Wildman–Crippen MR) is 164 cm³/mol. The second-order valence-electron chi connectivity index (χ2n) is 10.8. The lowest BCUT2D eigenvalue weighted by atomic mass is 9.87. The van der Waals surface area contributed by atoms with E-state index in [2.05, 4.69) is 17.0 Å². The van der Waals surface area contributed by atoms with Crippen molar-refractivity contribution in [2.45, 2.75) is 25.7 Å². The van der Waals surface area contributed by atoms with Crippen LogP contribution in [0.3, 0.4) is 0 Å². The smallest absolute Gasteiger partial charge is 0.159 e. The molecule has 0 bridgehead atoms. The normalized spacial score (nSPS) is 15.5. The number of fused-ring (bicyclic) bond motifs is 1. The number of halogens is 1. The molecular formula is C36H36FNO4. The number of hydrogen-bond donors (Lipinski definition) is 0. The number of rotatable bonds is 9. The number of piperidine rings is 1. The number of benzene rings is 4. The molecule has 0 saturated carbocycles. The fourth-order valence-corrected chi connectivity index (χ4v) is 6.05. The van der Waals surface area contributed by atoms with Gasteiger partial charge in [-0.2, -0.15) is 0 Å². The van der Waals surface area contributed by atoms with Crippen LogP contribution < -0.4 is 14.4 Å². The molecule has 0 aromatic heterocycles. The van der Waals surface area contributed by atoms with E-state index in [1.54, 1.807) is 20.3 Å². The number of hydrogen-bond acceptors (Lipinski definition) is 5. The third-order valence-electron chi connectivity index (χ3n) is 8.23. The van der Waals surface area contributed by atoms with Crippen LogP contribution in [-0.2, 0) is 16.1 Å². The van der Waals surface area contributed by atoms with Gasteiger partial charge in [-0.1, -0.05) is 66.7 Å². The van der Waals surface area contributed by atoms with Crippen LogP contribution in [0.4, 0.5) is 10.1 Å². The van der Waals surface area contributed by atoms with Gasteiger partial charge >= 0.3 is 0 Å². The molecule has 0 atom stereocenters. The average molecular weight is 566 g/mol. The molecule has 6 heteroatoms. The first-order valence-corrected chi connectivity index (χ1v) is 14.5. The molecule has 1 fully saturated rings. The maximum absolute atomic E-state index is 15.8. The van der Waals surface area contributed by atoms with Crippen LogP contribution in [0.25, 0.3) is 11.1 Å². The van der Waals surface area contributed by atoms with Crippen LogP contribution in [0.2, 0.25) is 0 Å². The van der Waals surface area contributed by atoms with E-state index in [0.717, 1.165) is 70.8 Å². The van der Waals surface area contributed by atoms with E-state index < -0.39 is 0 Å². The van der Waals surface area contributed by atoms with Gasteiger partial charge in [0.2, 0.25) is 0 Å². The van der Waals surface area contributed by atoms with Crippen LogP contribution >= 0.6 is 0 Å². The number of methoxy groups -OCH3 is 2. The molecule has 42 heavy (non-hydrogen) atoms. The van der Waals surface area contributed by atoms with Crippen molar-refractivity contribution in [1.29, 1.82) is 0 Å². The highest BCUT2D eigenvalue weighted by Gasteiger charge is 2.29. The lowest BCUT2D eigenvalue weighted by molar-refractivity contribution is -0.141. The molecule has 2 aliphatic rings. The third kappa shape index (κ3) is 5.91. The Kier molecular flexibility index (Phi) is 8.54. The van der Waals surface area contributed by atoms with E-state index in [4.69, 9.17) is 18.9 Å². The highest BCUT2D eigenvalue weighted by atomic mass is 19.1. The van der Waals surface area contributed by atoms with Crippen LogP contribution in [-0.4, -0.2) is 40.2 Å². The van der Waals surface area contributed by atoms with Crippen LogP contribution in [0.5, 0.6) is 11.5 Å². The van der Waals surface area contributed by atoms with Crippen LogP contribution in [0.1, 0.15) is 35.1 Å². The minimum absolute atomic E-state index is 0.222. The molecule has 0 radical (unpaired) electrons. The average Bonchev–Trinajstić information content (AvgIpc) is 3.05. The van der Waals surface area contributed by atoms with Gasteiger partial charge in [-0.3, -0.25) is 0 Å². The van der Waals surface area contributed by atoms with Gasteiger partial charge < -0.3 is 23.8 Å². The van der Waals surface area contributed by atoms with Gasteiger partial charge in [-0.25, -0.2) is 4.39 Å². The summed E-state index contributed by atoms with van der Waals surface area (Å²) in [6.45, 7) is 2.36. The van der Waals surface area contributed by atoms with Gasteiger partial charge in [0.05, 0.1) is 5.69 Å². The molecule has 216 valence electrons. The van der Waals surface area contributed by atoms with Crippen molar-refractivity contribution in [3.05, 3.63) is 125 Å². The molecule has 4 aromatic rings. The Balaban J connectivity index is 1.30. The molecule has 1 saturated heterocycles. The number of ether oxygens (including phenoxy) is 4. The topological polar surface area (TPSA) is 40.2 Å². The van der Waals surface area contributed by atoms with Gasteiger partial charge in [0.25, 0.3) is 0 Å². The summed E-state index contributed by atoms with van der Waals surface area (Å²) in [6.07, 6.45) is 1.55. The summed E-state index contributed by atoms with van der Waals surface area (Å²) in [7, 11) is 3.34. The molecular weight excluding hydrogens is 529 g/mol. The lowest BCUT2D eigenvalue weighted by Crippen LogP contribution is -2.39. The Bertz CT molecular complexity index is 1530. The zero-order valence-electron chi connectivity index (χ0n) is 24.1. The molecule has 0 aliphatic carbocycles. The summed E-state index contributed by atoms with van der Waals surface area (Å²) in [5.41, 5.74) is 6.53. The SMILES string of the molecule is COC(OC)C1CCN(c2ccc(C3=C(c4ccccc4)COc4cc(OCc5ccccc5)ccc43)cc2F)CC1. The van der Waals surface area contributed by atoms with Crippen molar-refractivity contribution in [3.63, 3.8) is 0 Å². The van der Waals surface area contributed by atoms with Gasteiger partial charge in [0.1, 0.15) is 30.5 Å². The molecule has 0 amide bonds. The van der Waals surface area contributed by atoms with E-state index >= 15 is 4.39 Å². The summed E-state index contributed by atoms with van der Waals surface area (Å²) >= 11 is 0. The highest BCUT2D eigenvalue weighted by Crippen LogP contribution is 2.43. The minimum atomic E-state index is -0.225. The second-order valence-corrected chi connectivity index (χ2v) is 10.8. The molecule has 6 rings (SSSR count). The molecule has 4 aromatic carbocycles. The van der Waals surface area contributed by atoms with Crippen molar-refractivity contribution in [1.82, 2.24) is 0 Å². The van der Waals surface area contributed by atoms with E-state index in [1.165, 1.54) is 0 Å². The van der Waals surface area contributed by atoms with Crippen molar-refractivity contribution >= 4 is 16.8 Å². The quantitative estimate of drug-likeness (QED) is 0.196. The van der Waals surface area contributed by atoms with Gasteiger partial charge in [-0.15, -0.1) is 0 Å². The summed E-state index contributed by atoms with van der Waals surface area (Å²) in [5.74, 6) is 1.54. The maximum Gasteiger partial charge on any atom is 0.159 e. The summed E-state index contributed by atoms with van der Waals surface area (Å²) < 4.78 is 39.1. The first kappa shape index (κ1) is 28.0. The van der Waals surface area contributed by atoms with Crippen molar-refractivity contribution in [2.24, 2.45) is 5.92 Å². The molecule has 2 aliphatic heterocycles. The fourth-order valence-electron chi connectivity index (χ4n) is 6.05. The molecule has 2 heterocycles. The van der Waals surface area contributed by atoms with Crippen LogP contribution in [0.15, 0.2) is 97.1 Å².